The normalized spacial score (nSPS) is 11.2. The second kappa shape index (κ2) is 8.00. The van der Waals surface area contributed by atoms with Gasteiger partial charge in [0, 0.05) is 5.69 Å². The van der Waals surface area contributed by atoms with Crippen LogP contribution in [0.2, 0.25) is 0 Å². The Hall–Kier alpha value is -3.03. The molecule has 0 fully saturated rings. The molecule has 1 atom stereocenters. The van der Waals surface area contributed by atoms with Crippen molar-refractivity contribution in [2.45, 2.75) is 13.8 Å². The van der Waals surface area contributed by atoms with E-state index in [1.165, 1.54) is 0 Å². The number of methoxy groups -OCH3 is 2. The van der Waals surface area contributed by atoms with Crippen molar-refractivity contribution < 1.29 is 33.4 Å². The molecule has 0 bridgehead atoms. The van der Waals surface area contributed by atoms with Crippen LogP contribution in [0.15, 0.2) is 18.2 Å². The number of Topliss-reactive ketones (excluding diaryl/α,β-unsaturated/α-hetero) is 2. The standard InChI is InChI=1S/C16H17NO7/c1-8-6-5-7-9(2)11(8)17-14(20)12(18)10(15(21)23-3)13(19)16(22)24-4/h5-7,10H,1-4H3,(H,17,20)/t10-/m1/s1. The zero-order valence-electron chi connectivity index (χ0n) is 13.7. The van der Waals surface area contributed by atoms with E-state index in [9.17, 15) is 24.0 Å². The van der Waals surface area contributed by atoms with Gasteiger partial charge in [-0.25, -0.2) is 4.79 Å². The molecule has 0 radical (unpaired) electrons. The van der Waals surface area contributed by atoms with Gasteiger partial charge in [0.25, 0.3) is 11.7 Å². The molecule has 1 rings (SSSR count). The average Bonchev–Trinajstić information content (AvgIpc) is 2.56. The fraction of sp³-hybridized carbons (Fsp3) is 0.312. The number of amides is 1. The SMILES string of the molecule is COC(=O)C(=O)[C@H](C(=O)OC)C(=O)C(=O)Nc1c(C)cccc1C. The molecule has 0 saturated carbocycles. The van der Waals surface area contributed by atoms with Gasteiger partial charge >= 0.3 is 11.9 Å². The van der Waals surface area contributed by atoms with E-state index >= 15 is 0 Å². The number of carbonyl (C=O) groups excluding carboxylic acids is 5. The van der Waals surface area contributed by atoms with Crippen molar-refractivity contribution in [2.75, 3.05) is 19.5 Å². The van der Waals surface area contributed by atoms with Crippen molar-refractivity contribution >= 4 is 35.1 Å². The Kier molecular flexibility index (Phi) is 6.34. The van der Waals surface area contributed by atoms with Gasteiger partial charge < -0.3 is 14.8 Å². The molecule has 1 aromatic carbocycles. The minimum atomic E-state index is -2.20. The molecule has 24 heavy (non-hydrogen) atoms. The molecule has 1 amide bonds. The molecule has 8 heteroatoms. The van der Waals surface area contributed by atoms with Crippen LogP contribution in [0.3, 0.4) is 0 Å². The maximum atomic E-state index is 12.2. The summed E-state index contributed by atoms with van der Waals surface area (Å²) in [6.07, 6.45) is 0. The highest BCUT2D eigenvalue weighted by molar-refractivity contribution is 6.54. The Morgan fingerprint density at radius 1 is 0.917 bits per heavy atom. The summed E-state index contributed by atoms with van der Waals surface area (Å²) in [6.45, 7) is 3.43. The summed E-state index contributed by atoms with van der Waals surface area (Å²) in [5.41, 5.74) is 1.75. The van der Waals surface area contributed by atoms with Crippen molar-refractivity contribution in [3.63, 3.8) is 0 Å². The number of para-hydroxylation sites is 1. The number of nitrogens with one attached hydrogen (secondary N) is 1. The third kappa shape index (κ3) is 4.03. The van der Waals surface area contributed by atoms with E-state index < -0.39 is 35.3 Å². The molecule has 0 aliphatic carbocycles. The fourth-order valence-electron chi connectivity index (χ4n) is 1.99. The summed E-state index contributed by atoms with van der Waals surface area (Å²) in [5.74, 6) is -9.01. The van der Waals surface area contributed by atoms with E-state index in [1.54, 1.807) is 32.0 Å². The molecule has 1 aromatic rings. The topological polar surface area (TPSA) is 116 Å². The van der Waals surface area contributed by atoms with Crippen LogP contribution in [0.1, 0.15) is 11.1 Å². The summed E-state index contributed by atoms with van der Waals surface area (Å²) >= 11 is 0. The van der Waals surface area contributed by atoms with Crippen LogP contribution in [-0.4, -0.2) is 43.6 Å². The van der Waals surface area contributed by atoms with E-state index in [0.717, 1.165) is 14.2 Å². The zero-order valence-corrected chi connectivity index (χ0v) is 13.7. The van der Waals surface area contributed by atoms with E-state index in [2.05, 4.69) is 14.8 Å². The smallest absolute Gasteiger partial charge is 0.375 e. The van der Waals surface area contributed by atoms with Crippen LogP contribution in [-0.2, 0) is 33.4 Å². The molecular weight excluding hydrogens is 318 g/mol. The molecule has 8 nitrogen and oxygen atoms in total. The number of carbonyl (C=O) groups is 5. The summed E-state index contributed by atoms with van der Waals surface area (Å²) in [6, 6.07) is 5.19. The van der Waals surface area contributed by atoms with Crippen molar-refractivity contribution in [2.24, 2.45) is 5.92 Å². The number of aryl methyl sites for hydroxylation is 2. The van der Waals surface area contributed by atoms with Gasteiger partial charge in [0.15, 0.2) is 5.92 Å². The molecule has 0 heterocycles. The molecule has 0 spiro atoms. The monoisotopic (exact) mass is 335 g/mol. The lowest BCUT2D eigenvalue weighted by atomic mass is 9.97. The van der Waals surface area contributed by atoms with Gasteiger partial charge in [0.05, 0.1) is 14.2 Å². The van der Waals surface area contributed by atoms with Gasteiger partial charge in [-0.05, 0) is 25.0 Å². The maximum Gasteiger partial charge on any atom is 0.375 e. The van der Waals surface area contributed by atoms with E-state index in [0.29, 0.717) is 16.8 Å². The summed E-state index contributed by atoms with van der Waals surface area (Å²) in [4.78, 5) is 59.1. The largest absolute Gasteiger partial charge is 0.468 e. The molecule has 0 aliphatic heterocycles. The summed E-state index contributed by atoms with van der Waals surface area (Å²) < 4.78 is 8.52. The van der Waals surface area contributed by atoms with Crippen LogP contribution >= 0.6 is 0 Å². The summed E-state index contributed by atoms with van der Waals surface area (Å²) in [5, 5.41) is 2.35. The highest BCUT2D eigenvalue weighted by Crippen LogP contribution is 2.20. The zero-order chi connectivity index (χ0) is 18.4. The Balaban J connectivity index is 3.10. The number of esters is 2. The highest BCUT2D eigenvalue weighted by Gasteiger charge is 2.42. The molecule has 0 saturated heterocycles. The number of hydrogen-bond donors (Lipinski definition) is 1. The Morgan fingerprint density at radius 3 is 1.92 bits per heavy atom. The Bertz CT molecular complexity index is 688. The second-order valence-electron chi connectivity index (χ2n) is 4.90. The lowest BCUT2D eigenvalue weighted by Crippen LogP contribution is -2.43. The van der Waals surface area contributed by atoms with Crippen LogP contribution in [0.5, 0.6) is 0 Å². The van der Waals surface area contributed by atoms with Crippen LogP contribution in [0.4, 0.5) is 5.69 Å². The van der Waals surface area contributed by atoms with Gasteiger partial charge in [-0.15, -0.1) is 0 Å². The number of ether oxygens (including phenoxy) is 2. The van der Waals surface area contributed by atoms with E-state index in [4.69, 9.17) is 0 Å². The quantitative estimate of drug-likeness (QED) is 0.453. The minimum absolute atomic E-state index is 0.380. The fourth-order valence-corrected chi connectivity index (χ4v) is 1.99. The number of hydrogen-bond acceptors (Lipinski definition) is 7. The van der Waals surface area contributed by atoms with Gasteiger partial charge in [-0.1, -0.05) is 18.2 Å². The van der Waals surface area contributed by atoms with Crippen LogP contribution < -0.4 is 5.32 Å². The first-order valence-electron chi connectivity index (χ1n) is 6.86. The van der Waals surface area contributed by atoms with Gasteiger partial charge in [-0.2, -0.15) is 0 Å². The van der Waals surface area contributed by atoms with Crippen molar-refractivity contribution in [3.8, 4) is 0 Å². The predicted octanol–water partition coefficient (Wildman–Crippen LogP) is 0.342. The van der Waals surface area contributed by atoms with Crippen molar-refractivity contribution in [3.05, 3.63) is 29.3 Å². The third-order valence-corrected chi connectivity index (χ3v) is 3.29. The van der Waals surface area contributed by atoms with Crippen molar-refractivity contribution in [1.82, 2.24) is 0 Å². The Morgan fingerprint density at radius 2 is 1.46 bits per heavy atom. The molecular formula is C16H17NO7. The third-order valence-electron chi connectivity index (χ3n) is 3.29. The number of rotatable bonds is 6. The van der Waals surface area contributed by atoms with Crippen molar-refractivity contribution in [1.29, 1.82) is 0 Å². The molecule has 1 N–H and O–H groups in total. The first kappa shape index (κ1) is 19.0. The first-order chi connectivity index (χ1) is 11.2. The van der Waals surface area contributed by atoms with Crippen LogP contribution in [0, 0.1) is 19.8 Å². The van der Waals surface area contributed by atoms with E-state index in [-0.39, 0.29) is 0 Å². The van der Waals surface area contributed by atoms with Crippen LogP contribution in [0.25, 0.3) is 0 Å². The lowest BCUT2D eigenvalue weighted by molar-refractivity contribution is -0.163. The van der Waals surface area contributed by atoms with Gasteiger partial charge in [0.1, 0.15) is 0 Å². The summed E-state index contributed by atoms with van der Waals surface area (Å²) in [7, 11) is 1.84. The molecule has 128 valence electrons. The maximum absolute atomic E-state index is 12.2. The highest BCUT2D eigenvalue weighted by atomic mass is 16.5. The van der Waals surface area contributed by atoms with E-state index in [1.807, 2.05) is 0 Å². The predicted molar refractivity (Wildman–Crippen MR) is 82.1 cm³/mol. The molecule has 0 aliphatic rings. The van der Waals surface area contributed by atoms with Gasteiger partial charge in [-0.3, -0.25) is 19.2 Å². The molecule has 0 aromatic heterocycles. The van der Waals surface area contributed by atoms with Gasteiger partial charge in [0.2, 0.25) is 5.78 Å². The first-order valence-corrected chi connectivity index (χ1v) is 6.86. The number of ketones is 2. The number of benzene rings is 1. The molecule has 0 unspecified atom stereocenters. The second-order valence-corrected chi connectivity index (χ2v) is 4.90. The average molecular weight is 335 g/mol. The lowest BCUT2D eigenvalue weighted by Gasteiger charge is -2.14. The minimum Gasteiger partial charge on any atom is -0.468 e. The number of anilines is 1. The Labute approximate surface area is 138 Å².